The number of urea groups is 3. The number of anilines is 3. The van der Waals surface area contributed by atoms with E-state index in [4.69, 9.17) is 0 Å². The van der Waals surface area contributed by atoms with Crippen LogP contribution in [0.2, 0.25) is 0 Å². The monoisotopic (exact) mass is 506 g/mol. The summed E-state index contributed by atoms with van der Waals surface area (Å²) in [5.41, 5.74) is 1.76. The van der Waals surface area contributed by atoms with Gasteiger partial charge >= 0.3 is 18.1 Å². The summed E-state index contributed by atoms with van der Waals surface area (Å²) >= 11 is 0. The Kier molecular flexibility index (Phi) is 11.1. The summed E-state index contributed by atoms with van der Waals surface area (Å²) in [4.78, 5) is 50.3. The number of carbonyl (C=O) groups is 3. The fourth-order valence-corrected chi connectivity index (χ4v) is 3.15. The first-order valence-corrected chi connectivity index (χ1v) is 11.7. The predicted octanol–water partition coefficient (Wildman–Crippen LogP) is 1.94. The zero-order valence-electron chi connectivity index (χ0n) is 20.2. The van der Waals surface area contributed by atoms with Gasteiger partial charge in [0.15, 0.2) is 0 Å². The summed E-state index contributed by atoms with van der Waals surface area (Å²) in [6, 6.07) is 9.35. The molecule has 0 aliphatic heterocycles. The maximum atomic E-state index is 12.1. The second-order valence-electron chi connectivity index (χ2n) is 7.71. The van der Waals surface area contributed by atoms with Gasteiger partial charge in [-0.2, -0.15) is 0 Å². The molecule has 3 aromatic heterocycles. The molecule has 0 fully saturated rings. The Balaban J connectivity index is 1.42. The summed E-state index contributed by atoms with van der Waals surface area (Å²) in [6.07, 6.45) is 9.52. The lowest BCUT2D eigenvalue weighted by atomic mass is 10.4. The number of hydrogen-bond donors (Lipinski definition) is 6. The lowest BCUT2D eigenvalue weighted by Crippen LogP contribution is -2.44. The van der Waals surface area contributed by atoms with Crippen molar-refractivity contribution in [3.63, 3.8) is 0 Å². The van der Waals surface area contributed by atoms with Crippen LogP contribution in [-0.2, 0) is 0 Å². The van der Waals surface area contributed by atoms with Crippen molar-refractivity contribution >= 4 is 35.2 Å². The highest BCUT2D eigenvalue weighted by Crippen LogP contribution is 2.03. The summed E-state index contributed by atoms with van der Waals surface area (Å²) in [5, 5.41) is 16.5. The molecule has 0 saturated heterocycles. The highest BCUT2D eigenvalue weighted by molar-refractivity contribution is 5.90. The lowest BCUT2D eigenvalue weighted by Gasteiger charge is -2.23. The van der Waals surface area contributed by atoms with Crippen LogP contribution in [0.25, 0.3) is 0 Å². The largest absolute Gasteiger partial charge is 0.337 e. The molecule has 0 saturated carbocycles. The normalized spacial score (nSPS) is 10.3. The second-order valence-corrected chi connectivity index (χ2v) is 7.71. The summed E-state index contributed by atoms with van der Waals surface area (Å²) in [7, 11) is 0. The second kappa shape index (κ2) is 15.3. The molecule has 3 rings (SSSR count). The van der Waals surface area contributed by atoms with Gasteiger partial charge in [0.1, 0.15) is 0 Å². The van der Waals surface area contributed by atoms with Crippen molar-refractivity contribution < 1.29 is 14.4 Å². The number of rotatable bonds is 12. The molecule has 13 heteroatoms. The lowest BCUT2D eigenvalue weighted by molar-refractivity contribution is 0.238. The quantitative estimate of drug-likeness (QED) is 0.218. The molecule has 0 aromatic carbocycles. The topological polar surface area (TPSA) is 165 Å². The Labute approximate surface area is 214 Å². The summed E-state index contributed by atoms with van der Waals surface area (Å²) in [5.74, 6) is 0. The van der Waals surface area contributed by atoms with E-state index in [1.165, 1.54) is 0 Å². The maximum absolute atomic E-state index is 12.1. The molecular weight excluding hydrogens is 476 g/mol. The van der Waals surface area contributed by atoms with Gasteiger partial charge in [-0.1, -0.05) is 0 Å². The fraction of sp³-hybridized carbons (Fsp3) is 0.250. The predicted molar refractivity (Wildman–Crippen MR) is 140 cm³/mol. The average Bonchev–Trinajstić information content (AvgIpc) is 2.90. The number of carbonyl (C=O) groups excluding carboxylic acids is 3. The molecule has 6 amide bonds. The Morgan fingerprint density at radius 2 is 0.892 bits per heavy atom. The van der Waals surface area contributed by atoms with Crippen LogP contribution in [0.5, 0.6) is 0 Å². The number of aromatic nitrogens is 3. The third-order valence-electron chi connectivity index (χ3n) is 4.90. The number of nitrogens with one attached hydrogen (secondary N) is 6. The van der Waals surface area contributed by atoms with Crippen molar-refractivity contribution in [3.8, 4) is 0 Å². The van der Waals surface area contributed by atoms with Gasteiger partial charge in [-0.25, -0.2) is 14.4 Å². The molecule has 0 radical (unpaired) electrons. The van der Waals surface area contributed by atoms with Crippen LogP contribution in [0.3, 0.4) is 0 Å². The van der Waals surface area contributed by atoms with Crippen LogP contribution in [0, 0.1) is 0 Å². The van der Waals surface area contributed by atoms with E-state index in [1.54, 1.807) is 73.6 Å². The molecule has 0 aliphatic carbocycles. The smallest absolute Gasteiger partial charge is 0.319 e. The van der Waals surface area contributed by atoms with Gasteiger partial charge in [-0.15, -0.1) is 0 Å². The van der Waals surface area contributed by atoms with Crippen LogP contribution in [0.15, 0.2) is 73.6 Å². The molecular formula is C24H30N10O3. The molecule has 3 heterocycles. The molecule has 3 aromatic rings. The molecule has 13 nitrogen and oxygen atoms in total. The van der Waals surface area contributed by atoms with Crippen LogP contribution < -0.4 is 31.9 Å². The van der Waals surface area contributed by atoms with E-state index < -0.39 is 0 Å². The van der Waals surface area contributed by atoms with Crippen molar-refractivity contribution in [2.75, 3.05) is 55.2 Å². The van der Waals surface area contributed by atoms with E-state index >= 15 is 0 Å². The van der Waals surface area contributed by atoms with Crippen molar-refractivity contribution in [1.29, 1.82) is 0 Å². The maximum Gasteiger partial charge on any atom is 0.319 e. The number of hydrogen-bond acceptors (Lipinski definition) is 7. The molecule has 194 valence electrons. The Morgan fingerprint density at radius 1 is 0.568 bits per heavy atom. The van der Waals surface area contributed by atoms with Gasteiger partial charge < -0.3 is 31.9 Å². The van der Waals surface area contributed by atoms with Crippen molar-refractivity contribution in [2.45, 2.75) is 0 Å². The van der Waals surface area contributed by atoms with Crippen LogP contribution >= 0.6 is 0 Å². The van der Waals surface area contributed by atoms with Gasteiger partial charge in [0.05, 0.1) is 35.7 Å². The molecule has 0 bridgehead atoms. The van der Waals surface area contributed by atoms with E-state index in [9.17, 15) is 14.4 Å². The number of pyridine rings is 3. The SMILES string of the molecule is O=C(NCCN(CCNC(=O)Nc1cccnc1)CCNC(=O)Nc1cccnc1)Nc1cccnc1. The first kappa shape index (κ1) is 26.8. The number of amides is 6. The Hall–Kier alpha value is -4.78. The van der Waals surface area contributed by atoms with Gasteiger partial charge in [-0.3, -0.25) is 19.9 Å². The third kappa shape index (κ3) is 11.0. The van der Waals surface area contributed by atoms with E-state index in [0.29, 0.717) is 56.3 Å². The van der Waals surface area contributed by atoms with E-state index in [-0.39, 0.29) is 18.1 Å². The van der Waals surface area contributed by atoms with Gasteiger partial charge in [0.25, 0.3) is 0 Å². The summed E-state index contributed by atoms with van der Waals surface area (Å²) in [6.45, 7) is 2.57. The van der Waals surface area contributed by atoms with Crippen LogP contribution in [-0.4, -0.2) is 77.2 Å². The average molecular weight is 507 g/mol. The van der Waals surface area contributed by atoms with Crippen LogP contribution in [0.4, 0.5) is 31.4 Å². The molecule has 0 atom stereocenters. The first-order chi connectivity index (χ1) is 18.1. The minimum Gasteiger partial charge on any atom is -0.337 e. The van der Waals surface area contributed by atoms with E-state index in [0.717, 1.165) is 0 Å². The number of nitrogens with zero attached hydrogens (tertiary/aromatic N) is 4. The van der Waals surface area contributed by atoms with Crippen molar-refractivity contribution in [2.24, 2.45) is 0 Å². The van der Waals surface area contributed by atoms with E-state index in [1.807, 2.05) is 4.90 Å². The minimum atomic E-state index is -0.351. The third-order valence-corrected chi connectivity index (χ3v) is 4.90. The standard InChI is InChI=1S/C24H30N10O3/c35-22(31-19-4-1-7-25-16-19)28-10-13-34(14-11-29-23(36)32-20-5-2-8-26-17-20)15-12-30-24(37)33-21-6-3-9-27-18-21/h1-9,16-18H,10-15H2,(H2,28,31,35)(H2,29,32,36)(H2,30,33,37). The fourth-order valence-electron chi connectivity index (χ4n) is 3.15. The Bertz CT molecular complexity index is 962. The van der Waals surface area contributed by atoms with Crippen molar-refractivity contribution in [3.05, 3.63) is 73.6 Å². The van der Waals surface area contributed by atoms with Gasteiger partial charge in [0.2, 0.25) is 0 Å². The van der Waals surface area contributed by atoms with Crippen molar-refractivity contribution in [1.82, 2.24) is 35.8 Å². The highest BCUT2D eigenvalue weighted by Gasteiger charge is 2.09. The Morgan fingerprint density at radius 3 is 1.16 bits per heavy atom. The molecule has 0 unspecified atom stereocenters. The zero-order valence-corrected chi connectivity index (χ0v) is 20.2. The van der Waals surface area contributed by atoms with Gasteiger partial charge in [0, 0.05) is 57.9 Å². The minimum absolute atomic E-state index is 0.351. The first-order valence-electron chi connectivity index (χ1n) is 11.7. The molecule has 37 heavy (non-hydrogen) atoms. The highest BCUT2D eigenvalue weighted by atomic mass is 16.2. The zero-order chi connectivity index (χ0) is 26.1. The molecule has 6 N–H and O–H groups in total. The summed E-state index contributed by atoms with van der Waals surface area (Å²) < 4.78 is 0. The molecule has 0 spiro atoms. The van der Waals surface area contributed by atoms with E-state index in [2.05, 4.69) is 46.9 Å². The molecule has 0 aliphatic rings. The van der Waals surface area contributed by atoms with Gasteiger partial charge in [-0.05, 0) is 36.4 Å². The van der Waals surface area contributed by atoms with Crippen LogP contribution in [0.1, 0.15) is 0 Å².